The van der Waals surface area contributed by atoms with Gasteiger partial charge in [-0.25, -0.2) is 0 Å². The van der Waals surface area contributed by atoms with Crippen molar-refractivity contribution in [3.05, 3.63) is 69.8 Å². The molecule has 170 valence electrons. The summed E-state index contributed by atoms with van der Waals surface area (Å²) in [5, 5.41) is 9.74. The minimum atomic E-state index is -0.525. The van der Waals surface area contributed by atoms with Crippen molar-refractivity contribution in [1.29, 1.82) is 0 Å². The van der Waals surface area contributed by atoms with Crippen LogP contribution >= 0.6 is 0 Å². The molecule has 1 saturated heterocycles. The highest BCUT2D eigenvalue weighted by molar-refractivity contribution is 5.87. The van der Waals surface area contributed by atoms with Gasteiger partial charge in [-0.3, -0.25) is 4.79 Å². The van der Waals surface area contributed by atoms with Crippen LogP contribution in [0.4, 0.5) is 0 Å². The van der Waals surface area contributed by atoms with Crippen LogP contribution in [0.25, 0.3) is 5.57 Å². The van der Waals surface area contributed by atoms with E-state index in [9.17, 15) is 9.90 Å². The number of benzene rings is 2. The number of aliphatic hydroxyl groups excluding tert-OH is 1. The van der Waals surface area contributed by atoms with E-state index in [-0.39, 0.29) is 12.6 Å². The summed E-state index contributed by atoms with van der Waals surface area (Å²) < 4.78 is 11.2. The maximum absolute atomic E-state index is 12.1. The van der Waals surface area contributed by atoms with Crippen LogP contribution in [0.15, 0.2) is 42.0 Å². The van der Waals surface area contributed by atoms with Crippen molar-refractivity contribution in [2.45, 2.75) is 46.8 Å². The van der Waals surface area contributed by atoms with Crippen LogP contribution in [0.3, 0.4) is 0 Å². The first-order chi connectivity index (χ1) is 15.3. The predicted octanol–water partition coefficient (Wildman–Crippen LogP) is 4.48. The minimum absolute atomic E-state index is 0.00698. The Hall–Kier alpha value is -2.63. The van der Waals surface area contributed by atoms with Crippen LogP contribution in [-0.2, 0) is 22.7 Å². The first-order valence-corrected chi connectivity index (χ1v) is 11.3. The number of rotatable bonds is 4. The van der Waals surface area contributed by atoms with Crippen molar-refractivity contribution in [2.75, 3.05) is 26.7 Å². The summed E-state index contributed by atoms with van der Waals surface area (Å²) >= 11 is 0. The number of likely N-dealkylation sites (tertiary alicyclic amines) is 1. The van der Waals surface area contributed by atoms with Crippen LogP contribution < -0.4 is 4.74 Å². The Bertz CT molecular complexity index is 1040. The fourth-order valence-corrected chi connectivity index (χ4v) is 4.89. The Kier molecular flexibility index (Phi) is 6.40. The highest BCUT2D eigenvalue weighted by Gasteiger charge is 2.33. The first kappa shape index (κ1) is 22.6. The van der Waals surface area contributed by atoms with Gasteiger partial charge in [0, 0.05) is 25.2 Å². The molecule has 2 aliphatic rings. The van der Waals surface area contributed by atoms with Gasteiger partial charge in [0.15, 0.2) is 0 Å². The highest BCUT2D eigenvalue weighted by atomic mass is 16.5. The molecule has 5 nitrogen and oxygen atoms in total. The van der Waals surface area contributed by atoms with Gasteiger partial charge in [-0.1, -0.05) is 35.4 Å². The number of carbonyl (C=O) groups is 1. The summed E-state index contributed by atoms with van der Waals surface area (Å²) in [4.78, 5) is 14.5. The van der Waals surface area contributed by atoms with Crippen LogP contribution in [-0.4, -0.2) is 42.7 Å². The number of fused-ring (bicyclic) bond motifs is 2. The number of esters is 1. The fraction of sp³-hybridized carbons (Fsp3) is 0.444. The molecule has 4 rings (SSSR count). The SMILES string of the molecule is COC(=O)C(C)(C)CN1CCC(=C2c3ccc(C)cc3COc3ccc(CO)cc32)CC1. The number of aryl methyl sites for hydroxylation is 1. The summed E-state index contributed by atoms with van der Waals surface area (Å²) in [6.45, 7) is 9.03. The number of hydrogen-bond acceptors (Lipinski definition) is 5. The van der Waals surface area contributed by atoms with Crippen molar-refractivity contribution in [3.63, 3.8) is 0 Å². The fourth-order valence-electron chi connectivity index (χ4n) is 4.89. The van der Waals surface area contributed by atoms with E-state index in [1.165, 1.54) is 34.9 Å². The lowest BCUT2D eigenvalue weighted by atomic mass is 9.85. The molecule has 0 amide bonds. The molecule has 0 spiro atoms. The monoisotopic (exact) mass is 435 g/mol. The molecule has 0 radical (unpaired) electrons. The Morgan fingerprint density at radius 3 is 2.56 bits per heavy atom. The van der Waals surface area contributed by atoms with E-state index >= 15 is 0 Å². The molecule has 2 aromatic carbocycles. The summed E-state index contributed by atoms with van der Waals surface area (Å²) in [7, 11) is 1.45. The summed E-state index contributed by atoms with van der Waals surface area (Å²) in [5.74, 6) is 0.699. The van der Waals surface area contributed by atoms with Crippen LogP contribution in [0, 0.1) is 12.3 Å². The van der Waals surface area contributed by atoms with Gasteiger partial charge in [-0.2, -0.15) is 0 Å². The Labute approximate surface area is 190 Å². The van der Waals surface area contributed by atoms with Gasteiger partial charge in [-0.15, -0.1) is 0 Å². The Morgan fingerprint density at radius 2 is 1.88 bits per heavy atom. The van der Waals surface area contributed by atoms with Gasteiger partial charge < -0.3 is 19.5 Å². The average molecular weight is 436 g/mol. The molecule has 2 heterocycles. The number of piperidine rings is 1. The lowest BCUT2D eigenvalue weighted by Crippen LogP contribution is -2.42. The third-order valence-corrected chi connectivity index (χ3v) is 6.58. The maximum atomic E-state index is 12.1. The molecular formula is C27H33NO4. The molecule has 0 aromatic heterocycles. The van der Waals surface area contributed by atoms with E-state index in [2.05, 4.69) is 36.1 Å². The molecule has 0 aliphatic carbocycles. The molecule has 0 unspecified atom stereocenters. The molecular weight excluding hydrogens is 402 g/mol. The maximum Gasteiger partial charge on any atom is 0.312 e. The van der Waals surface area contributed by atoms with Crippen molar-refractivity contribution < 1.29 is 19.4 Å². The zero-order valence-corrected chi connectivity index (χ0v) is 19.5. The Balaban J connectivity index is 1.70. The highest BCUT2D eigenvalue weighted by Crippen LogP contribution is 2.42. The lowest BCUT2D eigenvalue weighted by molar-refractivity contribution is -0.151. The molecule has 0 atom stereocenters. The van der Waals surface area contributed by atoms with Gasteiger partial charge >= 0.3 is 5.97 Å². The van der Waals surface area contributed by atoms with Gasteiger partial charge in [-0.05, 0) is 68.0 Å². The van der Waals surface area contributed by atoms with Crippen LogP contribution in [0.5, 0.6) is 5.75 Å². The largest absolute Gasteiger partial charge is 0.488 e. The zero-order valence-electron chi connectivity index (χ0n) is 19.5. The number of aliphatic hydroxyl groups is 1. The van der Waals surface area contributed by atoms with Crippen molar-refractivity contribution >= 4 is 11.5 Å². The summed E-state index contributed by atoms with van der Waals surface area (Å²) in [5.41, 5.74) is 7.72. The quantitative estimate of drug-likeness (QED) is 0.718. The second-order valence-electron chi connectivity index (χ2n) is 9.57. The molecule has 1 N–H and O–H groups in total. The Morgan fingerprint density at radius 1 is 1.12 bits per heavy atom. The van der Waals surface area contributed by atoms with E-state index in [1.807, 2.05) is 26.0 Å². The molecule has 5 heteroatoms. The molecule has 0 saturated carbocycles. The van der Waals surface area contributed by atoms with E-state index < -0.39 is 5.41 Å². The second-order valence-corrected chi connectivity index (χ2v) is 9.57. The van der Waals surface area contributed by atoms with Gasteiger partial charge in [0.2, 0.25) is 0 Å². The van der Waals surface area contributed by atoms with E-state index in [0.29, 0.717) is 13.2 Å². The van der Waals surface area contributed by atoms with E-state index in [4.69, 9.17) is 9.47 Å². The third kappa shape index (κ3) is 4.45. The average Bonchev–Trinajstić information content (AvgIpc) is 2.94. The smallest absolute Gasteiger partial charge is 0.312 e. The molecule has 2 aliphatic heterocycles. The van der Waals surface area contributed by atoms with Crippen LogP contribution in [0.2, 0.25) is 0 Å². The number of carbonyl (C=O) groups excluding carboxylic acids is 1. The number of methoxy groups -OCH3 is 1. The third-order valence-electron chi connectivity index (χ3n) is 6.58. The van der Waals surface area contributed by atoms with Crippen molar-refractivity contribution in [1.82, 2.24) is 4.90 Å². The summed E-state index contributed by atoms with van der Waals surface area (Å²) in [6, 6.07) is 12.6. The van der Waals surface area contributed by atoms with Gasteiger partial charge in [0.05, 0.1) is 19.1 Å². The standard InChI is InChI=1S/C27H33NO4/c1-18-5-7-22-21(13-18)16-32-24-8-6-19(15-29)14-23(24)25(22)20-9-11-28(12-10-20)17-27(2,3)26(30)31-4/h5-8,13-14,29H,9-12,15-17H2,1-4H3. The first-order valence-electron chi connectivity index (χ1n) is 11.3. The van der Waals surface area contributed by atoms with Gasteiger partial charge in [0.1, 0.15) is 12.4 Å². The van der Waals surface area contributed by atoms with E-state index in [1.54, 1.807) is 0 Å². The predicted molar refractivity (Wildman–Crippen MR) is 125 cm³/mol. The normalized spacial score (nSPS) is 16.7. The molecule has 0 bridgehead atoms. The summed E-state index contributed by atoms with van der Waals surface area (Å²) in [6.07, 6.45) is 1.87. The molecule has 2 aromatic rings. The molecule has 1 fully saturated rings. The van der Waals surface area contributed by atoms with Gasteiger partial charge in [0.25, 0.3) is 0 Å². The minimum Gasteiger partial charge on any atom is -0.488 e. The van der Waals surface area contributed by atoms with Crippen LogP contribution in [0.1, 0.15) is 54.5 Å². The number of ether oxygens (including phenoxy) is 2. The number of nitrogens with zero attached hydrogens (tertiary/aromatic N) is 1. The zero-order chi connectivity index (χ0) is 22.9. The topological polar surface area (TPSA) is 59.0 Å². The second kappa shape index (κ2) is 9.08. The van der Waals surface area contributed by atoms with E-state index in [0.717, 1.165) is 42.8 Å². The number of hydrogen-bond donors (Lipinski definition) is 1. The lowest BCUT2D eigenvalue weighted by Gasteiger charge is -2.35. The molecule has 32 heavy (non-hydrogen) atoms. The van der Waals surface area contributed by atoms with Crippen molar-refractivity contribution in [3.8, 4) is 5.75 Å². The van der Waals surface area contributed by atoms with Crippen molar-refractivity contribution in [2.24, 2.45) is 5.41 Å².